The number of carbonyl (C=O) groups is 2. The molecule has 6 heteroatoms. The first-order valence-corrected chi connectivity index (χ1v) is 11.4. The predicted octanol–water partition coefficient (Wildman–Crippen LogP) is 5.17. The van der Waals surface area contributed by atoms with Gasteiger partial charge in [0.05, 0.1) is 13.2 Å². The van der Waals surface area contributed by atoms with Crippen LogP contribution in [0, 0.1) is 27.7 Å². The Morgan fingerprint density at radius 3 is 1.24 bits per heavy atom. The second-order valence-electron chi connectivity index (χ2n) is 8.32. The van der Waals surface area contributed by atoms with E-state index in [0.29, 0.717) is 24.7 Å². The standard InChI is InChI=1S/C27H36O6/c1-9-30-26(28)20(7)32-24-16(3)11-22(12-17(24)4)15-23-13-18(5)25(19(6)14-23)33-21(8)27(29)31-10-2/h11-14,20-21H,9-10,15H2,1-8H3. The second-order valence-corrected chi connectivity index (χ2v) is 8.32. The number of hydrogen-bond donors (Lipinski definition) is 0. The van der Waals surface area contributed by atoms with E-state index in [-0.39, 0.29) is 11.9 Å². The highest BCUT2D eigenvalue weighted by molar-refractivity contribution is 5.75. The summed E-state index contributed by atoms with van der Waals surface area (Å²) in [5.41, 5.74) is 6.17. The van der Waals surface area contributed by atoms with Crippen molar-refractivity contribution < 1.29 is 28.5 Å². The van der Waals surface area contributed by atoms with Crippen molar-refractivity contribution in [1.29, 1.82) is 0 Å². The molecule has 0 N–H and O–H groups in total. The monoisotopic (exact) mass is 456 g/mol. The number of hydrogen-bond acceptors (Lipinski definition) is 6. The minimum Gasteiger partial charge on any atom is -0.478 e. The van der Waals surface area contributed by atoms with Crippen molar-refractivity contribution in [3.8, 4) is 11.5 Å². The third-order valence-corrected chi connectivity index (χ3v) is 5.27. The van der Waals surface area contributed by atoms with E-state index >= 15 is 0 Å². The van der Waals surface area contributed by atoms with Crippen molar-refractivity contribution in [2.24, 2.45) is 0 Å². The lowest BCUT2D eigenvalue weighted by molar-refractivity contribution is -0.151. The topological polar surface area (TPSA) is 71.1 Å². The Kier molecular flexibility index (Phi) is 9.32. The van der Waals surface area contributed by atoms with Crippen LogP contribution in [-0.2, 0) is 25.5 Å². The second kappa shape index (κ2) is 11.7. The molecule has 0 amide bonds. The third-order valence-electron chi connectivity index (χ3n) is 5.27. The first kappa shape index (κ1) is 26.2. The Balaban J connectivity index is 2.19. The Labute approximate surface area is 197 Å². The molecule has 0 bridgehead atoms. The minimum absolute atomic E-state index is 0.327. The van der Waals surface area contributed by atoms with Gasteiger partial charge in [-0.2, -0.15) is 0 Å². The summed E-state index contributed by atoms with van der Waals surface area (Å²) in [7, 11) is 0. The fraction of sp³-hybridized carbons (Fsp3) is 0.481. The van der Waals surface area contributed by atoms with Crippen LogP contribution in [0.25, 0.3) is 0 Å². The van der Waals surface area contributed by atoms with Crippen molar-refractivity contribution >= 4 is 11.9 Å². The van der Waals surface area contributed by atoms with Crippen molar-refractivity contribution in [1.82, 2.24) is 0 Å². The molecule has 0 fully saturated rings. The van der Waals surface area contributed by atoms with E-state index in [9.17, 15) is 9.59 Å². The zero-order valence-electron chi connectivity index (χ0n) is 21.0. The van der Waals surface area contributed by atoms with Gasteiger partial charge in [-0.3, -0.25) is 0 Å². The van der Waals surface area contributed by atoms with Gasteiger partial charge in [0, 0.05) is 0 Å². The van der Waals surface area contributed by atoms with Crippen molar-refractivity contribution in [2.75, 3.05) is 13.2 Å². The molecule has 0 radical (unpaired) electrons. The molecule has 0 saturated carbocycles. The first-order chi connectivity index (χ1) is 15.6. The molecule has 0 aromatic heterocycles. The zero-order chi connectivity index (χ0) is 24.7. The van der Waals surface area contributed by atoms with Crippen LogP contribution in [-0.4, -0.2) is 37.4 Å². The lowest BCUT2D eigenvalue weighted by Gasteiger charge is -2.19. The molecule has 0 aliphatic heterocycles. The molecule has 0 saturated heterocycles. The third kappa shape index (κ3) is 6.98. The Hall–Kier alpha value is -3.02. The van der Waals surface area contributed by atoms with Crippen molar-refractivity contribution in [2.45, 2.75) is 74.0 Å². The summed E-state index contributed by atoms with van der Waals surface area (Å²) in [6, 6.07) is 8.33. The van der Waals surface area contributed by atoms with Crippen LogP contribution in [0.15, 0.2) is 24.3 Å². The lowest BCUT2D eigenvalue weighted by atomic mass is 9.97. The quantitative estimate of drug-likeness (QED) is 0.459. The summed E-state index contributed by atoms with van der Waals surface area (Å²) < 4.78 is 21.9. The predicted molar refractivity (Wildman–Crippen MR) is 128 cm³/mol. The molecule has 2 aromatic carbocycles. The normalized spacial score (nSPS) is 12.6. The van der Waals surface area contributed by atoms with E-state index in [1.54, 1.807) is 27.7 Å². The van der Waals surface area contributed by atoms with Gasteiger partial charge < -0.3 is 18.9 Å². The van der Waals surface area contributed by atoms with Gasteiger partial charge >= 0.3 is 11.9 Å². The summed E-state index contributed by atoms with van der Waals surface area (Å²) >= 11 is 0. The van der Waals surface area contributed by atoms with Crippen LogP contribution >= 0.6 is 0 Å². The molecule has 180 valence electrons. The van der Waals surface area contributed by atoms with Crippen LogP contribution in [0.2, 0.25) is 0 Å². The fourth-order valence-electron chi connectivity index (χ4n) is 3.86. The van der Waals surface area contributed by atoms with Gasteiger partial charge in [0.15, 0.2) is 12.2 Å². The number of benzene rings is 2. The molecule has 2 aromatic rings. The average Bonchev–Trinajstić information content (AvgIpc) is 2.73. The SMILES string of the molecule is CCOC(=O)C(C)Oc1c(C)cc(Cc2cc(C)c(OC(C)C(=O)OCC)c(C)c2)cc1C. The van der Waals surface area contributed by atoms with Gasteiger partial charge in [-0.25, -0.2) is 9.59 Å². The number of esters is 2. The maximum Gasteiger partial charge on any atom is 0.347 e. The number of ether oxygens (including phenoxy) is 4. The van der Waals surface area contributed by atoms with Crippen LogP contribution in [0.5, 0.6) is 11.5 Å². The molecule has 2 atom stereocenters. The Morgan fingerprint density at radius 1 is 0.667 bits per heavy atom. The molecule has 0 aliphatic rings. The Bertz CT molecular complexity index is 869. The largest absolute Gasteiger partial charge is 0.478 e. The smallest absolute Gasteiger partial charge is 0.347 e. The van der Waals surface area contributed by atoms with Gasteiger partial charge in [0.1, 0.15) is 11.5 Å². The highest BCUT2D eigenvalue weighted by atomic mass is 16.6. The van der Waals surface area contributed by atoms with Crippen LogP contribution in [0.1, 0.15) is 61.1 Å². The van der Waals surface area contributed by atoms with Gasteiger partial charge in [-0.15, -0.1) is 0 Å². The maximum atomic E-state index is 11.9. The summed E-state index contributed by atoms with van der Waals surface area (Å²) in [6.07, 6.45) is -0.587. The molecule has 0 heterocycles. The van der Waals surface area contributed by atoms with Gasteiger partial charge in [0.2, 0.25) is 0 Å². The van der Waals surface area contributed by atoms with Crippen molar-refractivity contribution in [3.63, 3.8) is 0 Å². The molecular formula is C27H36O6. The number of rotatable bonds is 10. The van der Waals surface area contributed by atoms with E-state index in [2.05, 4.69) is 24.3 Å². The van der Waals surface area contributed by atoms with Crippen LogP contribution in [0.3, 0.4) is 0 Å². The summed E-state index contributed by atoms with van der Waals surface area (Å²) in [5, 5.41) is 0. The Morgan fingerprint density at radius 2 is 0.970 bits per heavy atom. The summed E-state index contributed by atoms with van der Waals surface area (Å²) in [4.78, 5) is 23.8. The zero-order valence-corrected chi connectivity index (χ0v) is 21.0. The lowest BCUT2D eigenvalue weighted by Crippen LogP contribution is -2.26. The number of aryl methyl sites for hydroxylation is 4. The molecule has 2 rings (SSSR count). The molecule has 2 unspecified atom stereocenters. The van der Waals surface area contributed by atoms with Gasteiger partial charge in [0.25, 0.3) is 0 Å². The van der Waals surface area contributed by atoms with E-state index in [4.69, 9.17) is 18.9 Å². The highest BCUT2D eigenvalue weighted by Crippen LogP contribution is 2.30. The van der Waals surface area contributed by atoms with Gasteiger partial charge in [-0.1, -0.05) is 24.3 Å². The molecule has 33 heavy (non-hydrogen) atoms. The van der Waals surface area contributed by atoms with Crippen molar-refractivity contribution in [3.05, 3.63) is 57.6 Å². The minimum atomic E-state index is -0.664. The molecule has 0 aliphatic carbocycles. The summed E-state index contributed by atoms with van der Waals surface area (Å²) in [6.45, 7) is 15.5. The van der Waals surface area contributed by atoms with E-state index < -0.39 is 12.2 Å². The molecular weight excluding hydrogens is 420 g/mol. The summed E-state index contributed by atoms with van der Waals surface area (Å²) in [5.74, 6) is 0.684. The van der Waals surface area contributed by atoms with Gasteiger partial charge in [-0.05, 0) is 95.2 Å². The highest BCUT2D eigenvalue weighted by Gasteiger charge is 2.20. The van der Waals surface area contributed by atoms with Crippen LogP contribution in [0.4, 0.5) is 0 Å². The molecule has 0 spiro atoms. The van der Waals surface area contributed by atoms with Crippen LogP contribution < -0.4 is 9.47 Å². The average molecular weight is 457 g/mol. The van der Waals surface area contributed by atoms with E-state index in [1.807, 2.05) is 27.7 Å². The first-order valence-electron chi connectivity index (χ1n) is 11.4. The van der Waals surface area contributed by atoms with E-state index in [0.717, 1.165) is 39.8 Å². The van der Waals surface area contributed by atoms with E-state index in [1.165, 1.54) is 0 Å². The molecule has 6 nitrogen and oxygen atoms in total. The fourth-order valence-corrected chi connectivity index (χ4v) is 3.86. The maximum absolute atomic E-state index is 11.9. The number of carbonyl (C=O) groups excluding carboxylic acids is 2.